The van der Waals surface area contributed by atoms with Crippen LogP contribution in [0.5, 0.6) is 5.75 Å². The molecular formula is C19H22N2O6S. The first-order valence-corrected chi connectivity index (χ1v) is 9.80. The number of aryl methyl sites for hydroxylation is 1. The van der Waals surface area contributed by atoms with Crippen molar-refractivity contribution in [2.45, 2.75) is 11.8 Å². The van der Waals surface area contributed by atoms with Crippen LogP contribution in [0, 0.1) is 6.92 Å². The van der Waals surface area contributed by atoms with E-state index in [4.69, 9.17) is 9.47 Å². The summed E-state index contributed by atoms with van der Waals surface area (Å²) in [6, 6.07) is 12.9. The van der Waals surface area contributed by atoms with Crippen LogP contribution in [0.25, 0.3) is 0 Å². The molecule has 0 bridgehead atoms. The normalized spacial score (nSPS) is 11.1. The van der Waals surface area contributed by atoms with Crippen LogP contribution in [-0.4, -0.2) is 51.9 Å². The SMILES string of the molecule is Cc1ccc(OCC(=O)OCC(=O)Nc2cccc(S(=O)(=O)N(C)C)c2)cc1. The third-order valence-electron chi connectivity index (χ3n) is 3.64. The molecule has 0 unspecified atom stereocenters. The lowest BCUT2D eigenvalue weighted by Crippen LogP contribution is -2.24. The number of rotatable bonds is 8. The summed E-state index contributed by atoms with van der Waals surface area (Å²) >= 11 is 0. The van der Waals surface area contributed by atoms with Gasteiger partial charge in [-0.3, -0.25) is 4.79 Å². The Balaban J connectivity index is 1.84. The molecule has 0 aliphatic rings. The van der Waals surface area contributed by atoms with E-state index < -0.39 is 28.5 Å². The second kappa shape index (κ2) is 9.34. The van der Waals surface area contributed by atoms with Crippen LogP contribution in [0.3, 0.4) is 0 Å². The Kier molecular flexibility index (Phi) is 7.13. The van der Waals surface area contributed by atoms with Gasteiger partial charge in [0, 0.05) is 19.8 Å². The standard InChI is InChI=1S/C19H22N2O6S/c1-14-7-9-16(10-8-14)26-13-19(23)27-12-18(22)20-15-5-4-6-17(11-15)28(24,25)21(2)3/h4-11H,12-13H2,1-3H3,(H,20,22). The van der Waals surface area contributed by atoms with E-state index in [1.807, 2.05) is 19.1 Å². The highest BCUT2D eigenvalue weighted by Gasteiger charge is 2.17. The van der Waals surface area contributed by atoms with Crippen molar-refractivity contribution in [1.82, 2.24) is 4.31 Å². The molecule has 0 radical (unpaired) electrons. The predicted octanol–water partition coefficient (Wildman–Crippen LogP) is 1.81. The molecular weight excluding hydrogens is 384 g/mol. The Morgan fingerprint density at radius 1 is 1.04 bits per heavy atom. The number of esters is 1. The summed E-state index contributed by atoms with van der Waals surface area (Å²) in [7, 11) is -0.786. The van der Waals surface area contributed by atoms with Gasteiger partial charge in [-0.1, -0.05) is 23.8 Å². The quantitative estimate of drug-likeness (QED) is 0.671. The number of hydrogen-bond acceptors (Lipinski definition) is 6. The van der Waals surface area contributed by atoms with Gasteiger partial charge in [0.05, 0.1) is 4.90 Å². The van der Waals surface area contributed by atoms with Crippen LogP contribution >= 0.6 is 0 Å². The maximum Gasteiger partial charge on any atom is 0.344 e. The average molecular weight is 406 g/mol. The Morgan fingerprint density at radius 3 is 2.36 bits per heavy atom. The van der Waals surface area contributed by atoms with Crippen LogP contribution in [0.2, 0.25) is 0 Å². The molecule has 0 aliphatic carbocycles. The van der Waals surface area contributed by atoms with E-state index in [2.05, 4.69) is 5.32 Å². The van der Waals surface area contributed by atoms with Gasteiger partial charge in [-0.25, -0.2) is 17.5 Å². The molecule has 0 heterocycles. The van der Waals surface area contributed by atoms with Crippen LogP contribution in [0.15, 0.2) is 53.4 Å². The number of benzene rings is 2. The van der Waals surface area contributed by atoms with E-state index in [1.165, 1.54) is 38.4 Å². The summed E-state index contributed by atoms with van der Waals surface area (Å²) < 4.78 is 35.4. The van der Waals surface area contributed by atoms with E-state index >= 15 is 0 Å². The molecule has 28 heavy (non-hydrogen) atoms. The zero-order chi connectivity index (χ0) is 20.7. The number of anilines is 1. The Morgan fingerprint density at radius 2 is 1.71 bits per heavy atom. The molecule has 0 fully saturated rings. The summed E-state index contributed by atoms with van der Waals surface area (Å²) in [6.07, 6.45) is 0. The van der Waals surface area contributed by atoms with Crippen molar-refractivity contribution in [3.63, 3.8) is 0 Å². The van der Waals surface area contributed by atoms with Crippen LogP contribution in [-0.2, 0) is 24.3 Å². The minimum atomic E-state index is -3.62. The lowest BCUT2D eigenvalue weighted by atomic mass is 10.2. The maximum absolute atomic E-state index is 12.1. The van der Waals surface area contributed by atoms with Gasteiger partial charge in [0.1, 0.15) is 5.75 Å². The summed E-state index contributed by atoms with van der Waals surface area (Å²) in [6.45, 7) is 1.09. The average Bonchev–Trinajstić information content (AvgIpc) is 2.66. The maximum atomic E-state index is 12.1. The molecule has 0 aromatic heterocycles. The zero-order valence-corrected chi connectivity index (χ0v) is 16.7. The molecule has 0 aliphatic heterocycles. The molecule has 0 spiro atoms. The second-order valence-corrected chi connectivity index (χ2v) is 8.28. The molecule has 9 heteroatoms. The van der Waals surface area contributed by atoms with Gasteiger partial charge < -0.3 is 14.8 Å². The minimum absolute atomic E-state index is 0.0405. The minimum Gasteiger partial charge on any atom is -0.482 e. The van der Waals surface area contributed by atoms with E-state index in [0.717, 1.165) is 9.87 Å². The number of sulfonamides is 1. The number of ether oxygens (including phenoxy) is 2. The largest absolute Gasteiger partial charge is 0.482 e. The van der Waals surface area contributed by atoms with Crippen LogP contribution in [0.4, 0.5) is 5.69 Å². The fraction of sp³-hybridized carbons (Fsp3) is 0.263. The molecule has 8 nitrogen and oxygen atoms in total. The molecule has 0 saturated heterocycles. The molecule has 2 aromatic rings. The van der Waals surface area contributed by atoms with Gasteiger partial charge in [-0.05, 0) is 37.3 Å². The van der Waals surface area contributed by atoms with Gasteiger partial charge in [0.15, 0.2) is 13.2 Å². The zero-order valence-electron chi connectivity index (χ0n) is 15.8. The molecule has 150 valence electrons. The summed E-state index contributed by atoms with van der Waals surface area (Å²) in [5, 5.41) is 2.49. The predicted molar refractivity (Wildman–Crippen MR) is 104 cm³/mol. The van der Waals surface area contributed by atoms with Gasteiger partial charge in [0.25, 0.3) is 5.91 Å². The molecule has 2 rings (SSSR count). The third kappa shape index (κ3) is 6.07. The van der Waals surface area contributed by atoms with Crippen molar-refractivity contribution in [2.24, 2.45) is 0 Å². The monoisotopic (exact) mass is 406 g/mol. The number of nitrogens with zero attached hydrogens (tertiary/aromatic N) is 1. The molecule has 2 aromatic carbocycles. The van der Waals surface area contributed by atoms with Crippen molar-refractivity contribution in [1.29, 1.82) is 0 Å². The number of carbonyl (C=O) groups is 2. The fourth-order valence-corrected chi connectivity index (χ4v) is 3.05. The van der Waals surface area contributed by atoms with Crippen molar-refractivity contribution in [2.75, 3.05) is 32.6 Å². The van der Waals surface area contributed by atoms with Crippen molar-refractivity contribution in [3.05, 3.63) is 54.1 Å². The lowest BCUT2D eigenvalue weighted by Gasteiger charge is -2.13. The van der Waals surface area contributed by atoms with E-state index in [-0.39, 0.29) is 17.2 Å². The number of nitrogens with one attached hydrogen (secondary N) is 1. The smallest absolute Gasteiger partial charge is 0.344 e. The van der Waals surface area contributed by atoms with Crippen molar-refractivity contribution >= 4 is 27.6 Å². The first-order chi connectivity index (χ1) is 13.2. The highest BCUT2D eigenvalue weighted by atomic mass is 32.2. The van der Waals surface area contributed by atoms with E-state index in [9.17, 15) is 18.0 Å². The van der Waals surface area contributed by atoms with Gasteiger partial charge >= 0.3 is 5.97 Å². The van der Waals surface area contributed by atoms with Gasteiger partial charge in [-0.15, -0.1) is 0 Å². The van der Waals surface area contributed by atoms with Crippen LogP contribution in [0.1, 0.15) is 5.56 Å². The Bertz CT molecular complexity index is 939. The summed E-state index contributed by atoms with van der Waals surface area (Å²) in [5.74, 6) is -0.770. The Labute approximate surface area is 164 Å². The molecule has 0 saturated carbocycles. The molecule has 1 amide bonds. The second-order valence-electron chi connectivity index (χ2n) is 6.13. The summed E-state index contributed by atoms with van der Waals surface area (Å²) in [4.78, 5) is 23.7. The number of amides is 1. The van der Waals surface area contributed by atoms with Crippen molar-refractivity contribution in [3.8, 4) is 5.75 Å². The van der Waals surface area contributed by atoms with Crippen LogP contribution < -0.4 is 10.1 Å². The first kappa shape index (κ1) is 21.4. The van der Waals surface area contributed by atoms with E-state index in [1.54, 1.807) is 12.1 Å². The molecule has 0 atom stereocenters. The van der Waals surface area contributed by atoms with Crippen molar-refractivity contribution < 1.29 is 27.5 Å². The summed E-state index contributed by atoms with van der Waals surface area (Å²) in [5.41, 5.74) is 1.34. The Hall–Kier alpha value is -2.91. The van der Waals surface area contributed by atoms with Gasteiger partial charge in [0.2, 0.25) is 10.0 Å². The third-order valence-corrected chi connectivity index (χ3v) is 5.45. The fourth-order valence-electron chi connectivity index (χ4n) is 2.11. The number of hydrogen-bond donors (Lipinski definition) is 1. The van der Waals surface area contributed by atoms with E-state index in [0.29, 0.717) is 5.75 Å². The molecule has 1 N–H and O–H groups in total. The first-order valence-electron chi connectivity index (χ1n) is 8.36. The van der Waals surface area contributed by atoms with Gasteiger partial charge in [-0.2, -0.15) is 0 Å². The highest BCUT2D eigenvalue weighted by molar-refractivity contribution is 7.89. The highest BCUT2D eigenvalue weighted by Crippen LogP contribution is 2.18. The topological polar surface area (TPSA) is 102 Å². The number of carbonyl (C=O) groups excluding carboxylic acids is 2. The lowest BCUT2D eigenvalue weighted by molar-refractivity contribution is -0.149.